The summed E-state index contributed by atoms with van der Waals surface area (Å²) in [6.07, 6.45) is 13.9. The first-order chi connectivity index (χ1) is 65.0. The number of rotatable bonds is 15. The molecule has 2 unspecified atom stereocenters. The molecule has 6 aliphatic rings. The van der Waals surface area contributed by atoms with Crippen LogP contribution in [0.5, 0.6) is 0 Å². The molecule has 0 radical (unpaired) electrons. The van der Waals surface area contributed by atoms with E-state index < -0.39 is 12.1 Å². The molecule has 4 aromatic heterocycles. The molecule has 10 heterocycles. The Bertz CT molecular complexity index is 7480. The normalized spacial score (nSPS) is 14.0. The average molecular weight is 1830 g/mol. The van der Waals surface area contributed by atoms with Crippen LogP contribution in [0.3, 0.4) is 0 Å². The molecule has 6 saturated heterocycles. The smallest absolute Gasteiger partial charge is 0.333 e. The summed E-state index contributed by atoms with van der Waals surface area (Å²) >= 11 is 11.5. The van der Waals surface area contributed by atoms with Gasteiger partial charge in [0.05, 0.1) is 34.8 Å². The minimum atomic E-state index is -0.605. The van der Waals surface area contributed by atoms with E-state index in [-0.39, 0.29) is 54.0 Å². The number of esters is 2. The highest BCUT2D eigenvalue weighted by atomic mass is 35.5. The Morgan fingerprint density at radius 3 is 1.02 bits per heavy atom. The number of ether oxygens (including phenoxy) is 2. The number of para-hydroxylation sites is 2. The second kappa shape index (κ2) is 64.9. The Morgan fingerprint density at radius 1 is 0.398 bits per heavy atom. The highest BCUT2D eigenvalue weighted by molar-refractivity contribution is 7.17. The predicted molar refractivity (Wildman–Crippen MR) is 533 cm³/mol. The molecule has 0 saturated carbocycles. The van der Waals surface area contributed by atoms with E-state index >= 15 is 0 Å². The molecule has 0 aliphatic carbocycles. The molecule has 0 spiro atoms. The lowest BCUT2D eigenvalue weighted by molar-refractivity contribution is -0.938. The number of nitrogens with one attached hydrogen (secondary N) is 2. The van der Waals surface area contributed by atoms with Gasteiger partial charge in [-0.25, -0.2) is 9.59 Å². The minimum absolute atomic E-state index is 0. The van der Waals surface area contributed by atoms with Crippen molar-refractivity contribution < 1.29 is 45.5 Å². The highest BCUT2D eigenvalue weighted by Gasteiger charge is 2.49. The summed E-state index contributed by atoms with van der Waals surface area (Å²) in [6.45, 7) is 11.1. The van der Waals surface area contributed by atoms with Gasteiger partial charge in [0.1, 0.15) is 19.2 Å². The zero-order chi connectivity index (χ0) is 93.6. The molecule has 0 amide bonds. The number of nitriles is 1. The van der Waals surface area contributed by atoms with Crippen LogP contribution in [0, 0.1) is 344 Å². The van der Waals surface area contributed by atoms with Crippen molar-refractivity contribution in [1.29, 1.82) is 5.26 Å². The number of carbonyl (C=O) groups is 4. The number of ketones is 2. The van der Waals surface area contributed by atoms with Gasteiger partial charge in [-0.15, -0.1) is 69.8 Å². The Balaban J connectivity index is 0.000000262. The lowest BCUT2D eigenvalue weighted by Gasteiger charge is -2.51. The van der Waals surface area contributed by atoms with E-state index in [1.54, 1.807) is 48.7 Å². The summed E-state index contributed by atoms with van der Waals surface area (Å²) in [5.74, 6) is 130. The van der Waals surface area contributed by atoms with Crippen LogP contribution in [0.25, 0.3) is 20.2 Å². The topological polar surface area (TPSA) is 138 Å². The number of hydrogen-bond donors (Lipinski definition) is 2. The Labute approximate surface area is 808 Å². The molecule has 133 heavy (non-hydrogen) atoms. The van der Waals surface area contributed by atoms with Crippen LogP contribution < -0.4 is 23.0 Å². The fourth-order valence-corrected chi connectivity index (χ4v) is 15.8. The number of Topliss-reactive ketones (excluding diaryl/α,β-unsaturated/α-hetero) is 2. The maximum atomic E-state index is 13.8. The van der Waals surface area contributed by atoms with Gasteiger partial charge in [0.2, 0.25) is 5.78 Å². The monoisotopic (exact) mass is 1830 g/mol. The van der Waals surface area contributed by atoms with Gasteiger partial charge < -0.3 is 37.0 Å². The van der Waals surface area contributed by atoms with Gasteiger partial charge in [0.15, 0.2) is 24.0 Å². The van der Waals surface area contributed by atoms with Gasteiger partial charge in [-0.1, -0.05) is 96.8 Å². The zero-order valence-electron chi connectivity index (χ0n) is 71.8. The fraction of sp³-hybridized carbons (Fsp3) is 0.181. The van der Waals surface area contributed by atoms with Crippen molar-refractivity contribution in [1.82, 2.24) is 4.90 Å². The minimum Gasteiger partial charge on any atom is -1.00 e. The van der Waals surface area contributed by atoms with Gasteiger partial charge in [0, 0.05) is 171 Å². The van der Waals surface area contributed by atoms with Crippen LogP contribution in [0.1, 0.15) is 89.0 Å². The van der Waals surface area contributed by atoms with Gasteiger partial charge in [-0.2, -0.15) is 5.26 Å². The Morgan fingerprint density at radius 2 is 0.714 bits per heavy atom. The summed E-state index contributed by atoms with van der Waals surface area (Å²) in [7, 11) is 0. The molecule has 17 heteroatoms. The lowest BCUT2D eigenvalue weighted by atomic mass is 9.83. The second-order valence-corrected chi connectivity index (χ2v) is 30.3. The van der Waals surface area contributed by atoms with E-state index in [1.807, 2.05) is 114 Å². The number of thiophene rings is 4. The molecule has 632 valence electrons. The van der Waals surface area contributed by atoms with Crippen molar-refractivity contribution in [3.05, 3.63) is 176 Å². The number of hydrogen-bond acceptors (Lipinski definition) is 14. The van der Waals surface area contributed by atoms with Crippen LogP contribution in [-0.2, 0) is 19.1 Å². The van der Waals surface area contributed by atoms with Crippen molar-refractivity contribution in [2.75, 3.05) is 62.3 Å². The van der Waals surface area contributed by atoms with Crippen molar-refractivity contribution >= 4 is 112 Å². The number of quaternary nitrogens is 1. The number of terminal acetylenes is 2. The van der Waals surface area contributed by atoms with Crippen LogP contribution in [0.15, 0.2) is 155 Å². The molecular formula is C116H69Cl2N5O6S4. The zero-order valence-corrected chi connectivity index (χ0v) is 76.6. The van der Waals surface area contributed by atoms with Gasteiger partial charge >= 0.3 is 11.9 Å². The van der Waals surface area contributed by atoms with E-state index in [2.05, 4.69) is 358 Å². The standard InChI is InChI=1S/C29H29N2O3S2.C29H4.C27H4.C23H24N2O2S.C6H5ClOS.C2H3N.ClH/c32-24(26-10-5-16-35-26)18-31-14-11-20(12-15-31)25(19-31)34-29(33)27(30-22-7-2-1-3-8-22)23-9-4-6-21-13-17-36-28(21)23;1-3-5-7-9-11-13-15-17-19-21-23-25-27-29-28-26-24-22-20-18-16-14-12-10-8-6-4-2;1-3-5-7-9-11-13-15-17-19-21-23-25-27-26-24-22-20-18-16-14-12-10-8-6-4-2;26-23(27-20-15-25-12-9-16(20)10-13-25)21(24-18-6-2-1-3-7-18)19-8-4-5-17-11-14-28-22(17)19;7-4-5(8)6-2-1-3-9-6;1-2-3;/h1-10,13,16-17,20,25,27,30H,11-12,14-15,18-19H2;1H,2H3;1H,2H3;1-8,11,14,16,20-21,24H,9-10,12-13,15H2;1-3H,4H2;1H3;1H/q+1;;;;;;/p-1/t20?,25-,27?,31?;;;20-,21?;;;/m0..0.../s1. The van der Waals surface area contributed by atoms with E-state index in [0.29, 0.717) is 18.4 Å². The Hall–Kier alpha value is -17.8. The molecule has 4 bridgehead atoms. The van der Waals surface area contributed by atoms with Crippen LogP contribution in [-0.4, -0.2) is 96.8 Å². The third kappa shape index (κ3) is 40.6. The van der Waals surface area contributed by atoms with E-state index in [9.17, 15) is 19.2 Å². The molecule has 11 nitrogen and oxygen atoms in total. The molecular weight excluding hydrogens is 1760 g/mol. The predicted octanol–water partition coefficient (Wildman–Crippen LogP) is 11.9. The fourth-order valence-electron chi connectivity index (χ4n) is 12.4. The molecule has 14 rings (SSSR count). The van der Waals surface area contributed by atoms with Gasteiger partial charge in [-0.3, -0.25) is 14.5 Å². The maximum absolute atomic E-state index is 13.8. The number of benzene rings is 4. The quantitative estimate of drug-likeness (QED) is 0.0335. The average Bonchev–Trinajstić information content (AvgIpc) is 1.08. The van der Waals surface area contributed by atoms with Gasteiger partial charge in [0.25, 0.3) is 0 Å². The van der Waals surface area contributed by atoms with Crippen molar-refractivity contribution in [2.45, 2.75) is 70.7 Å². The molecule has 8 aromatic rings. The highest BCUT2D eigenvalue weighted by Crippen LogP contribution is 2.39. The third-order valence-corrected chi connectivity index (χ3v) is 21.9. The van der Waals surface area contributed by atoms with Crippen LogP contribution in [0.4, 0.5) is 11.4 Å². The molecule has 2 N–H and O–H groups in total. The SMILES string of the molecule is C#CC#CC#CC#CC#CC#CC#CC#CC#CC#CC#CC#CC#CC.C#CC#CC#CC#CC#CC#CC#CC#CC#CC#CC#CC#CC#CC#CC.CC#N.O=C(CCl)c1cccs1.O=C(C[N+]12CCC(CC1)[C@@H](OC(=O)C(Nc1ccccc1)c1cccc3ccsc13)C2)c1cccs1.O=C(O[C@H]1CN2CCC1CC2)C(Nc1ccccc1)c1cccc2ccsc12.[Cl-]. The molecule has 6 fully saturated rings. The second-order valence-electron chi connectivity index (χ2n) is 26.3. The first kappa shape index (κ1) is 104. The number of anilines is 2. The molecule has 4 aromatic carbocycles. The number of nitrogens with zero attached hydrogens (tertiary/aromatic N) is 3. The van der Waals surface area contributed by atoms with Crippen LogP contribution >= 0.6 is 56.9 Å². The van der Waals surface area contributed by atoms with Crippen molar-refractivity contribution in [3.63, 3.8) is 0 Å². The molecule has 4 atom stereocenters. The largest absolute Gasteiger partial charge is 1.00 e. The lowest BCUT2D eigenvalue weighted by Crippen LogP contribution is -3.00. The van der Waals surface area contributed by atoms with E-state index in [1.165, 1.54) is 29.6 Å². The summed E-state index contributed by atoms with van der Waals surface area (Å²) in [6, 6.07) is 44.2. The maximum Gasteiger partial charge on any atom is 0.333 e. The number of fused-ring (bicyclic) bond motifs is 8. The first-order valence-electron chi connectivity index (χ1n) is 39.8. The number of alkyl halides is 1. The van der Waals surface area contributed by atoms with E-state index in [0.717, 1.165) is 122 Å². The van der Waals surface area contributed by atoms with E-state index in [4.69, 9.17) is 39.2 Å². The summed E-state index contributed by atoms with van der Waals surface area (Å²) < 4.78 is 15.4. The van der Waals surface area contributed by atoms with Crippen molar-refractivity contribution in [2.24, 2.45) is 11.8 Å². The summed E-state index contributed by atoms with van der Waals surface area (Å²) in [5.41, 5.74) is 3.73. The number of piperidine rings is 6. The summed E-state index contributed by atoms with van der Waals surface area (Å²) in [4.78, 5) is 54.9. The Kier molecular flexibility index (Phi) is 50.7. The third-order valence-electron chi connectivity index (χ3n) is 17.9. The van der Waals surface area contributed by atoms with Crippen molar-refractivity contribution in [3.8, 4) is 327 Å². The number of carbonyl (C=O) groups excluding carboxylic acids is 4. The first-order valence-corrected chi connectivity index (χ1v) is 43.8. The van der Waals surface area contributed by atoms with Gasteiger partial charge in [-0.05, 0) is 316 Å². The van der Waals surface area contributed by atoms with Crippen LogP contribution in [0.2, 0.25) is 0 Å². The number of halogens is 2. The molecule has 6 aliphatic heterocycles. The summed E-state index contributed by atoms with van der Waals surface area (Å²) in [5, 5.41) is 24.4.